The first-order valence-electron chi connectivity index (χ1n) is 17.4. The van der Waals surface area contributed by atoms with Crippen molar-refractivity contribution in [3.05, 3.63) is 0 Å². The predicted octanol–water partition coefficient (Wildman–Crippen LogP) is 8.51. The molecule has 0 aromatic carbocycles. The number of ether oxygens (including phenoxy) is 2. The van der Waals surface area contributed by atoms with Crippen LogP contribution in [-0.4, -0.2) is 112 Å². The monoisotopic (exact) mass is 806 g/mol. The summed E-state index contributed by atoms with van der Waals surface area (Å²) in [5.41, 5.74) is -1.56. The number of amides is 2. The first kappa shape index (κ1) is 51.2. The lowest BCUT2D eigenvalue weighted by Gasteiger charge is -2.30. The normalized spacial score (nSPS) is 12.6. The summed E-state index contributed by atoms with van der Waals surface area (Å²) in [7, 11) is 4.82. The van der Waals surface area contributed by atoms with Gasteiger partial charge in [-0.05, 0) is 66.2 Å². The van der Waals surface area contributed by atoms with Crippen molar-refractivity contribution in [2.24, 2.45) is 5.92 Å². The number of Topliss-reactive ketones (excluding diaryl/α,β-unsaturated/α-hetero) is 1. The number of nitrogens with one attached hydrogen (secondary N) is 2. The smallest absolute Gasteiger partial charge is 0.307 e. The maximum Gasteiger partial charge on any atom is 0.307 e. The highest BCUT2D eigenvalue weighted by Crippen LogP contribution is 2.53. The molecule has 0 saturated heterocycles. The van der Waals surface area contributed by atoms with Gasteiger partial charge in [-0.15, -0.1) is 10.8 Å². The molecule has 292 valence electrons. The van der Waals surface area contributed by atoms with Gasteiger partial charge in [0.2, 0.25) is 11.8 Å². The molecule has 2 N–H and O–H groups in total. The molecule has 0 aliphatic heterocycles. The van der Waals surface area contributed by atoms with Gasteiger partial charge in [0.05, 0.1) is 13.0 Å². The number of hydrogen-bond donors (Lipinski definition) is 2. The number of thioether (sulfide) groups is 2. The zero-order valence-electron chi connectivity index (χ0n) is 32.9. The largest absolute Gasteiger partial charge is 0.460 e. The van der Waals surface area contributed by atoms with Crippen molar-refractivity contribution in [1.82, 2.24) is 10.6 Å². The average molecular weight is 807 g/mol. The van der Waals surface area contributed by atoms with E-state index in [0.717, 1.165) is 40.9 Å². The van der Waals surface area contributed by atoms with E-state index < -0.39 is 20.3 Å². The fourth-order valence-corrected chi connectivity index (χ4v) is 13.7. The molecule has 0 heterocycles. The average Bonchev–Trinajstić information content (AvgIpc) is 2.98. The zero-order chi connectivity index (χ0) is 38.2. The molecule has 0 aromatic heterocycles. The topological polar surface area (TPSA) is 111 Å². The van der Waals surface area contributed by atoms with Crippen molar-refractivity contribution in [2.45, 2.75) is 118 Å². The summed E-state index contributed by atoms with van der Waals surface area (Å²) >= 11 is 3.59. The summed E-state index contributed by atoms with van der Waals surface area (Å²) in [4.78, 5) is 48.1. The Morgan fingerprint density at radius 3 is 2.08 bits per heavy atom. The molecule has 0 aliphatic rings. The Morgan fingerprint density at radius 2 is 1.47 bits per heavy atom. The van der Waals surface area contributed by atoms with Crippen LogP contribution in [0.2, 0.25) is 0 Å². The van der Waals surface area contributed by atoms with Crippen LogP contribution in [0.25, 0.3) is 0 Å². The second-order valence-corrected chi connectivity index (χ2v) is 26.8. The summed E-state index contributed by atoms with van der Waals surface area (Å²) in [6.07, 6.45) is 6.88. The van der Waals surface area contributed by atoms with E-state index in [-0.39, 0.29) is 34.2 Å². The van der Waals surface area contributed by atoms with Gasteiger partial charge in [0.15, 0.2) is 5.78 Å². The quantitative estimate of drug-likeness (QED) is 0.0451. The molecular weight excluding hydrogens is 737 g/mol. The van der Waals surface area contributed by atoms with Gasteiger partial charge in [0, 0.05) is 78.0 Å². The van der Waals surface area contributed by atoms with Crippen molar-refractivity contribution in [1.29, 1.82) is 0 Å². The molecule has 2 amide bonds. The van der Waals surface area contributed by atoms with Crippen molar-refractivity contribution < 1.29 is 28.7 Å². The van der Waals surface area contributed by atoms with E-state index in [0.29, 0.717) is 44.7 Å². The van der Waals surface area contributed by atoms with Gasteiger partial charge in [0.25, 0.3) is 0 Å². The fourth-order valence-electron chi connectivity index (χ4n) is 3.67. The van der Waals surface area contributed by atoms with E-state index in [1.54, 1.807) is 18.7 Å². The van der Waals surface area contributed by atoms with Gasteiger partial charge >= 0.3 is 5.97 Å². The van der Waals surface area contributed by atoms with Crippen LogP contribution >= 0.6 is 65.0 Å². The van der Waals surface area contributed by atoms with E-state index in [1.807, 2.05) is 99.5 Å². The van der Waals surface area contributed by atoms with Crippen LogP contribution in [0.3, 0.4) is 0 Å². The molecule has 0 saturated carbocycles. The molecule has 0 aliphatic carbocycles. The van der Waals surface area contributed by atoms with E-state index >= 15 is 0 Å². The Bertz CT molecular complexity index is 948. The predicted molar refractivity (Wildman–Crippen MR) is 227 cm³/mol. The molecule has 0 aromatic rings. The molecule has 8 nitrogen and oxygen atoms in total. The van der Waals surface area contributed by atoms with Crippen LogP contribution in [0.4, 0.5) is 0 Å². The van der Waals surface area contributed by atoms with Gasteiger partial charge in [0.1, 0.15) is 11.2 Å². The lowest BCUT2D eigenvalue weighted by molar-refractivity contribution is -0.160. The number of hydrogen-bond acceptors (Lipinski definition) is 11. The maximum atomic E-state index is 12.9. The lowest BCUT2D eigenvalue weighted by atomic mass is 10.0. The molecule has 0 rings (SSSR count). The number of rotatable bonds is 28. The van der Waals surface area contributed by atoms with E-state index in [2.05, 4.69) is 37.0 Å². The highest BCUT2D eigenvalue weighted by Gasteiger charge is 2.30. The van der Waals surface area contributed by atoms with E-state index in [1.165, 1.54) is 0 Å². The van der Waals surface area contributed by atoms with Crippen LogP contribution < -0.4 is 10.6 Å². The first-order chi connectivity index (χ1) is 22.7. The van der Waals surface area contributed by atoms with Gasteiger partial charge in [-0.2, -0.15) is 32.6 Å². The minimum atomic E-state index is -0.882. The van der Waals surface area contributed by atoms with Gasteiger partial charge in [-0.1, -0.05) is 49.3 Å². The van der Waals surface area contributed by atoms with Crippen molar-refractivity contribution in [2.75, 3.05) is 72.5 Å². The third kappa shape index (κ3) is 30.3. The third-order valence-electron chi connectivity index (χ3n) is 6.82. The van der Waals surface area contributed by atoms with Crippen molar-refractivity contribution in [3.63, 3.8) is 0 Å². The minimum Gasteiger partial charge on any atom is -0.460 e. The molecular formula is C35H70N2O6S6. The third-order valence-corrected chi connectivity index (χ3v) is 17.5. The SMILES string of the molecule is CC.CC(=O)NCCSS(C)(C)CCSCCC(=O)C(C)(C)OCCC(C)(C)OC(=O)CCSC(C)(C)CSSCCCNC(=O)C(C)C. The van der Waals surface area contributed by atoms with Crippen LogP contribution in [0.5, 0.6) is 0 Å². The number of esters is 1. The lowest BCUT2D eigenvalue weighted by Crippen LogP contribution is -2.38. The molecule has 14 heteroatoms. The summed E-state index contributed by atoms with van der Waals surface area (Å²) < 4.78 is 11.8. The molecule has 0 atom stereocenters. The summed E-state index contributed by atoms with van der Waals surface area (Å²) in [5.74, 6) is 6.48. The Labute approximate surface area is 322 Å². The van der Waals surface area contributed by atoms with Gasteiger partial charge in [-0.25, -0.2) is 0 Å². The second-order valence-electron chi connectivity index (χ2n) is 13.8. The van der Waals surface area contributed by atoms with E-state index in [9.17, 15) is 19.2 Å². The summed E-state index contributed by atoms with van der Waals surface area (Å²) in [5, 5.41) is 5.79. The summed E-state index contributed by atoms with van der Waals surface area (Å²) in [6.45, 7) is 22.9. The van der Waals surface area contributed by atoms with Gasteiger partial charge in [-0.3, -0.25) is 19.2 Å². The fraction of sp³-hybridized carbons (Fsp3) is 0.886. The Kier molecular flexibility index (Phi) is 29.0. The first-order valence-corrected chi connectivity index (χ1v) is 26.2. The van der Waals surface area contributed by atoms with Crippen LogP contribution in [-0.2, 0) is 28.7 Å². The summed E-state index contributed by atoms with van der Waals surface area (Å²) in [6, 6.07) is 0. The second kappa shape index (κ2) is 27.7. The van der Waals surface area contributed by atoms with Crippen LogP contribution in [0.15, 0.2) is 0 Å². The molecule has 0 unspecified atom stereocenters. The maximum absolute atomic E-state index is 12.9. The highest BCUT2D eigenvalue weighted by atomic mass is 33.2. The Balaban J connectivity index is 0. The molecule has 0 fully saturated rings. The van der Waals surface area contributed by atoms with Gasteiger partial charge < -0.3 is 20.1 Å². The number of carbonyl (C=O) groups is 4. The van der Waals surface area contributed by atoms with Crippen LogP contribution in [0, 0.1) is 5.92 Å². The Hall–Kier alpha value is 0.140. The minimum absolute atomic E-state index is 0.0122. The van der Waals surface area contributed by atoms with Crippen LogP contribution in [0.1, 0.15) is 102 Å². The van der Waals surface area contributed by atoms with Crippen molar-refractivity contribution in [3.8, 4) is 0 Å². The number of carbonyl (C=O) groups excluding carboxylic acids is 4. The standard InChI is InChI=1S/C33H64N2O6S6.C2H6/c1-26(2)30(39)35-16-12-19-44-45-25-32(6,7)43-21-14-29(38)41-31(4,5)15-18-40-33(8,9)28(37)13-20-42-23-24-47(10,11)46-22-17-34-27(3)36;1-2/h26H,12-25H2,1-11H3,(H,34,36)(H,35,39);1-2H3. The molecule has 49 heavy (non-hydrogen) atoms. The molecule has 0 spiro atoms. The molecule has 0 radical (unpaired) electrons. The highest BCUT2D eigenvalue weighted by molar-refractivity contribution is 8.93. The molecule has 0 bridgehead atoms. The van der Waals surface area contributed by atoms with Crippen molar-refractivity contribution >= 4 is 88.5 Å². The Morgan fingerprint density at radius 1 is 0.816 bits per heavy atom. The zero-order valence-corrected chi connectivity index (χ0v) is 37.8. The number of ketones is 1. The van der Waals surface area contributed by atoms with E-state index in [4.69, 9.17) is 9.47 Å².